The molecule has 1 aromatic rings. The number of benzene rings is 1. The second-order valence-corrected chi connectivity index (χ2v) is 7.31. The first-order valence-electron chi connectivity index (χ1n) is 7.14. The predicted molar refractivity (Wildman–Crippen MR) is 85.8 cm³/mol. The van der Waals surface area contributed by atoms with Gasteiger partial charge in [-0.15, -0.1) is 0 Å². The summed E-state index contributed by atoms with van der Waals surface area (Å²) in [7, 11) is 0. The zero-order valence-electron chi connectivity index (χ0n) is 12.9. The van der Waals surface area contributed by atoms with Crippen LogP contribution in [0.2, 0.25) is 0 Å². The number of ether oxygens (including phenoxy) is 1. The molecule has 1 N–H and O–H groups in total. The third-order valence-corrected chi connectivity index (χ3v) is 4.32. The van der Waals surface area contributed by atoms with Gasteiger partial charge in [0.15, 0.2) is 0 Å². The fourth-order valence-corrected chi connectivity index (χ4v) is 3.20. The Morgan fingerprint density at radius 3 is 2.45 bits per heavy atom. The standard InChI is InChI=1S/C16H20BrNO4/c1-16(2,3)22-15(21)18-8-11(12(9-18)14(19)20)10-6-4-5-7-13(10)17/h4-7,11-12H,8-9H2,1-3H3,(H,19,20). The molecule has 1 heterocycles. The highest BCUT2D eigenvalue weighted by molar-refractivity contribution is 9.10. The molecule has 120 valence electrons. The minimum Gasteiger partial charge on any atom is -0.481 e. The van der Waals surface area contributed by atoms with Gasteiger partial charge < -0.3 is 14.7 Å². The third-order valence-electron chi connectivity index (χ3n) is 3.59. The van der Waals surface area contributed by atoms with Crippen LogP contribution in [0.3, 0.4) is 0 Å². The molecule has 1 aliphatic rings. The summed E-state index contributed by atoms with van der Waals surface area (Å²) < 4.78 is 6.21. The van der Waals surface area contributed by atoms with E-state index in [0.29, 0.717) is 6.54 Å². The Morgan fingerprint density at radius 1 is 1.27 bits per heavy atom. The number of hydrogen-bond donors (Lipinski definition) is 1. The maximum atomic E-state index is 12.2. The van der Waals surface area contributed by atoms with Crippen molar-refractivity contribution in [2.45, 2.75) is 32.3 Å². The van der Waals surface area contributed by atoms with Gasteiger partial charge in [0.05, 0.1) is 5.92 Å². The molecule has 22 heavy (non-hydrogen) atoms. The van der Waals surface area contributed by atoms with Gasteiger partial charge in [0.1, 0.15) is 5.60 Å². The van der Waals surface area contributed by atoms with Crippen molar-refractivity contribution < 1.29 is 19.4 Å². The number of nitrogens with zero attached hydrogens (tertiary/aromatic N) is 1. The molecule has 0 radical (unpaired) electrons. The zero-order valence-corrected chi connectivity index (χ0v) is 14.5. The Hall–Kier alpha value is -1.56. The molecule has 0 bridgehead atoms. The summed E-state index contributed by atoms with van der Waals surface area (Å²) in [6, 6.07) is 7.52. The number of carbonyl (C=O) groups excluding carboxylic acids is 1. The zero-order chi connectivity index (χ0) is 16.5. The summed E-state index contributed by atoms with van der Waals surface area (Å²) in [6.45, 7) is 5.88. The third kappa shape index (κ3) is 3.80. The molecular formula is C16H20BrNO4. The highest BCUT2D eigenvalue weighted by Gasteiger charge is 2.42. The van der Waals surface area contributed by atoms with Crippen molar-refractivity contribution in [3.63, 3.8) is 0 Å². The van der Waals surface area contributed by atoms with Crippen molar-refractivity contribution in [2.75, 3.05) is 13.1 Å². The number of carboxylic acids is 1. The van der Waals surface area contributed by atoms with E-state index in [-0.39, 0.29) is 12.5 Å². The Bertz CT molecular complexity index is 582. The Labute approximate surface area is 138 Å². The lowest BCUT2D eigenvalue weighted by Crippen LogP contribution is -2.35. The number of amides is 1. The minimum absolute atomic E-state index is 0.163. The molecule has 0 spiro atoms. The van der Waals surface area contributed by atoms with Gasteiger partial charge in [0, 0.05) is 23.5 Å². The minimum atomic E-state index is -0.896. The van der Waals surface area contributed by atoms with E-state index >= 15 is 0 Å². The molecule has 0 aliphatic carbocycles. The second-order valence-electron chi connectivity index (χ2n) is 6.46. The summed E-state index contributed by atoms with van der Waals surface area (Å²) in [5, 5.41) is 9.47. The lowest BCUT2D eigenvalue weighted by molar-refractivity contribution is -0.141. The maximum absolute atomic E-state index is 12.2. The van der Waals surface area contributed by atoms with E-state index < -0.39 is 23.6 Å². The van der Waals surface area contributed by atoms with Crippen LogP contribution in [-0.2, 0) is 9.53 Å². The van der Waals surface area contributed by atoms with Gasteiger partial charge in [0.25, 0.3) is 0 Å². The van der Waals surface area contributed by atoms with Gasteiger partial charge >= 0.3 is 12.1 Å². The normalized spacial score (nSPS) is 21.7. The van der Waals surface area contributed by atoms with Crippen molar-refractivity contribution >= 4 is 28.0 Å². The van der Waals surface area contributed by atoms with Gasteiger partial charge in [0.2, 0.25) is 0 Å². The molecule has 1 amide bonds. The van der Waals surface area contributed by atoms with Crippen molar-refractivity contribution in [1.82, 2.24) is 4.90 Å². The molecule has 2 unspecified atom stereocenters. The number of likely N-dealkylation sites (tertiary alicyclic amines) is 1. The largest absolute Gasteiger partial charge is 0.481 e. The van der Waals surface area contributed by atoms with E-state index in [1.165, 1.54) is 4.90 Å². The van der Waals surface area contributed by atoms with E-state index in [9.17, 15) is 14.7 Å². The Balaban J connectivity index is 2.22. The van der Waals surface area contributed by atoms with Crippen LogP contribution in [0.1, 0.15) is 32.3 Å². The second kappa shape index (κ2) is 6.28. The molecule has 5 nitrogen and oxygen atoms in total. The predicted octanol–water partition coefficient (Wildman–Crippen LogP) is 3.48. The molecule has 2 atom stereocenters. The number of rotatable bonds is 2. The van der Waals surface area contributed by atoms with Crippen LogP contribution < -0.4 is 0 Å². The summed E-state index contributed by atoms with van der Waals surface area (Å²) in [6.07, 6.45) is -0.465. The molecule has 0 saturated carbocycles. The number of hydrogen-bond acceptors (Lipinski definition) is 3. The molecule has 2 rings (SSSR count). The molecule has 1 aromatic carbocycles. The summed E-state index contributed by atoms with van der Waals surface area (Å²) in [5.74, 6) is -1.78. The lowest BCUT2D eigenvalue weighted by atomic mass is 9.89. The van der Waals surface area contributed by atoms with E-state index in [1.807, 2.05) is 24.3 Å². The summed E-state index contributed by atoms with van der Waals surface area (Å²) >= 11 is 3.46. The van der Waals surface area contributed by atoms with Crippen molar-refractivity contribution in [2.24, 2.45) is 5.92 Å². The van der Waals surface area contributed by atoms with E-state index in [1.54, 1.807) is 20.8 Å². The number of carboxylic acid groups (broad SMARTS) is 1. The number of halogens is 1. The average Bonchev–Trinajstić information content (AvgIpc) is 2.82. The van der Waals surface area contributed by atoms with Crippen molar-refractivity contribution in [3.05, 3.63) is 34.3 Å². The van der Waals surface area contributed by atoms with Gasteiger partial charge in [-0.3, -0.25) is 4.79 Å². The van der Waals surface area contributed by atoms with Gasteiger partial charge in [-0.2, -0.15) is 0 Å². The van der Waals surface area contributed by atoms with Gasteiger partial charge in [-0.1, -0.05) is 34.1 Å². The van der Waals surface area contributed by atoms with E-state index in [0.717, 1.165) is 10.0 Å². The SMILES string of the molecule is CC(C)(C)OC(=O)N1CC(C(=O)O)C(c2ccccc2Br)C1. The average molecular weight is 370 g/mol. The molecule has 1 aliphatic heterocycles. The van der Waals surface area contributed by atoms with E-state index in [4.69, 9.17) is 4.74 Å². The van der Waals surface area contributed by atoms with Crippen LogP contribution in [0.4, 0.5) is 4.79 Å². The van der Waals surface area contributed by atoms with E-state index in [2.05, 4.69) is 15.9 Å². The maximum Gasteiger partial charge on any atom is 0.410 e. The number of aliphatic carboxylic acids is 1. The molecule has 1 fully saturated rings. The number of carbonyl (C=O) groups is 2. The first-order valence-corrected chi connectivity index (χ1v) is 7.93. The summed E-state index contributed by atoms with van der Waals surface area (Å²) in [4.78, 5) is 25.2. The van der Waals surface area contributed by atoms with Crippen LogP contribution in [0.5, 0.6) is 0 Å². The lowest BCUT2D eigenvalue weighted by Gasteiger charge is -2.24. The topological polar surface area (TPSA) is 66.8 Å². The highest BCUT2D eigenvalue weighted by atomic mass is 79.9. The monoisotopic (exact) mass is 369 g/mol. The highest BCUT2D eigenvalue weighted by Crippen LogP contribution is 2.37. The van der Waals surface area contributed by atoms with Crippen LogP contribution in [0, 0.1) is 5.92 Å². The molecular weight excluding hydrogens is 350 g/mol. The van der Waals surface area contributed by atoms with Crippen LogP contribution in [-0.4, -0.2) is 40.8 Å². The fraction of sp³-hybridized carbons (Fsp3) is 0.500. The quantitative estimate of drug-likeness (QED) is 0.866. The molecule has 1 saturated heterocycles. The van der Waals surface area contributed by atoms with Gasteiger partial charge in [-0.05, 0) is 32.4 Å². The van der Waals surface area contributed by atoms with Crippen LogP contribution in [0.25, 0.3) is 0 Å². The van der Waals surface area contributed by atoms with Gasteiger partial charge in [-0.25, -0.2) is 4.79 Å². The molecule has 6 heteroatoms. The van der Waals surface area contributed by atoms with Crippen molar-refractivity contribution in [1.29, 1.82) is 0 Å². The Morgan fingerprint density at radius 2 is 1.91 bits per heavy atom. The smallest absolute Gasteiger partial charge is 0.410 e. The Kier molecular flexibility index (Phi) is 4.80. The van der Waals surface area contributed by atoms with Crippen LogP contribution in [0.15, 0.2) is 28.7 Å². The molecule has 0 aromatic heterocycles. The van der Waals surface area contributed by atoms with Crippen LogP contribution >= 0.6 is 15.9 Å². The summed E-state index contributed by atoms with van der Waals surface area (Å²) in [5.41, 5.74) is 0.308. The fourth-order valence-electron chi connectivity index (χ4n) is 2.62. The van der Waals surface area contributed by atoms with Crippen molar-refractivity contribution in [3.8, 4) is 0 Å². The first-order chi connectivity index (χ1) is 10.2. The first kappa shape index (κ1) is 16.8.